The van der Waals surface area contributed by atoms with Gasteiger partial charge in [-0.2, -0.15) is 20.5 Å². The molecule has 4 amide bonds. The van der Waals surface area contributed by atoms with Crippen molar-refractivity contribution in [1.82, 2.24) is 15.8 Å². The second kappa shape index (κ2) is 12.1. The van der Waals surface area contributed by atoms with Crippen LogP contribution in [0.15, 0.2) is 42.5 Å². The molecule has 0 aliphatic carbocycles. The van der Waals surface area contributed by atoms with E-state index in [0.717, 1.165) is 18.2 Å². The normalized spacial score (nSPS) is 15.8. The number of amides is 4. The van der Waals surface area contributed by atoms with Gasteiger partial charge in [-0.3, -0.25) is 20.4 Å². The van der Waals surface area contributed by atoms with Gasteiger partial charge in [-0.25, -0.2) is 9.18 Å². The molecule has 1 aliphatic heterocycles. The highest BCUT2D eigenvalue weighted by Crippen LogP contribution is 2.26. The molecule has 3 rings (SSSR count). The third kappa shape index (κ3) is 8.48. The van der Waals surface area contributed by atoms with Gasteiger partial charge in [0.15, 0.2) is 0 Å². The first-order chi connectivity index (χ1) is 17.4. The molecule has 1 atom stereocenters. The summed E-state index contributed by atoms with van der Waals surface area (Å²) in [6, 6.07) is 7.71. The fourth-order valence-electron chi connectivity index (χ4n) is 3.31. The highest BCUT2D eigenvalue weighted by molar-refractivity contribution is 8.00. The SMILES string of the molecule is O=C(NNC(=O)C(F)F)c1ccc(CC2CN(C(=O)Nc3ccc(OC(F)(F)F)cc3)CCS2)c(F)c1. The molecule has 0 aromatic heterocycles. The minimum atomic E-state index is -4.83. The number of rotatable bonds is 6. The largest absolute Gasteiger partial charge is 0.573 e. The topological polar surface area (TPSA) is 99.8 Å². The molecule has 0 radical (unpaired) electrons. The molecule has 1 fully saturated rings. The van der Waals surface area contributed by atoms with Crippen molar-refractivity contribution in [3.05, 3.63) is 59.4 Å². The van der Waals surface area contributed by atoms with Crippen molar-refractivity contribution in [2.24, 2.45) is 0 Å². The summed E-state index contributed by atoms with van der Waals surface area (Å²) < 4.78 is 79.6. The third-order valence-electron chi connectivity index (χ3n) is 5.03. The van der Waals surface area contributed by atoms with E-state index in [1.54, 1.807) is 5.43 Å². The van der Waals surface area contributed by atoms with Crippen molar-refractivity contribution in [3.8, 4) is 5.75 Å². The number of ether oxygens (including phenoxy) is 1. The molecule has 1 heterocycles. The number of alkyl halides is 5. The molecule has 37 heavy (non-hydrogen) atoms. The van der Waals surface area contributed by atoms with Gasteiger partial charge in [0, 0.05) is 35.3 Å². The molecule has 1 aliphatic rings. The number of nitrogens with one attached hydrogen (secondary N) is 3. The van der Waals surface area contributed by atoms with Gasteiger partial charge < -0.3 is 15.0 Å². The summed E-state index contributed by atoms with van der Waals surface area (Å²) in [6.07, 6.45) is -7.94. The molecular formula is C22H20F6N4O4S. The number of nitrogens with zero attached hydrogens (tertiary/aromatic N) is 1. The highest BCUT2D eigenvalue weighted by Gasteiger charge is 2.31. The zero-order chi connectivity index (χ0) is 27.2. The van der Waals surface area contributed by atoms with Crippen LogP contribution in [0, 0.1) is 5.82 Å². The number of halogens is 6. The molecule has 0 saturated carbocycles. The predicted octanol–water partition coefficient (Wildman–Crippen LogP) is 3.94. The number of carbonyl (C=O) groups excluding carboxylic acids is 3. The van der Waals surface area contributed by atoms with Crippen LogP contribution in [0.2, 0.25) is 0 Å². The molecule has 2 aromatic carbocycles. The minimum absolute atomic E-state index is 0.193. The second-order valence-corrected chi connectivity index (χ2v) is 9.10. The fourth-order valence-corrected chi connectivity index (χ4v) is 4.56. The number of urea groups is 1. The lowest BCUT2D eigenvalue weighted by Crippen LogP contribution is -2.44. The average molecular weight is 550 g/mol. The number of benzene rings is 2. The van der Waals surface area contributed by atoms with Crippen molar-refractivity contribution < 1.29 is 45.5 Å². The first kappa shape index (κ1) is 28.0. The van der Waals surface area contributed by atoms with Gasteiger partial charge in [0.25, 0.3) is 5.91 Å². The molecule has 200 valence electrons. The average Bonchev–Trinajstić information content (AvgIpc) is 2.84. The summed E-state index contributed by atoms with van der Waals surface area (Å²) in [7, 11) is 0. The second-order valence-electron chi connectivity index (χ2n) is 7.70. The van der Waals surface area contributed by atoms with E-state index >= 15 is 0 Å². The molecule has 1 unspecified atom stereocenters. The lowest BCUT2D eigenvalue weighted by Gasteiger charge is -2.32. The summed E-state index contributed by atoms with van der Waals surface area (Å²) >= 11 is 1.52. The van der Waals surface area contributed by atoms with Crippen LogP contribution in [-0.4, -0.2) is 59.6 Å². The summed E-state index contributed by atoms with van der Waals surface area (Å²) in [5, 5.41) is 2.40. The fraction of sp³-hybridized carbons (Fsp3) is 0.318. The van der Waals surface area contributed by atoms with Crippen molar-refractivity contribution in [2.75, 3.05) is 24.2 Å². The van der Waals surface area contributed by atoms with Gasteiger partial charge >= 0.3 is 24.7 Å². The van der Waals surface area contributed by atoms with Crippen LogP contribution in [0.4, 0.5) is 36.8 Å². The maximum atomic E-state index is 14.6. The van der Waals surface area contributed by atoms with Gasteiger partial charge in [-0.1, -0.05) is 6.07 Å². The molecular weight excluding hydrogens is 530 g/mol. The minimum Gasteiger partial charge on any atom is -0.406 e. The third-order valence-corrected chi connectivity index (χ3v) is 6.23. The summed E-state index contributed by atoms with van der Waals surface area (Å²) in [5.41, 5.74) is 3.60. The first-order valence-corrected chi connectivity index (χ1v) is 11.7. The highest BCUT2D eigenvalue weighted by atomic mass is 32.2. The van der Waals surface area contributed by atoms with E-state index in [0.29, 0.717) is 12.3 Å². The van der Waals surface area contributed by atoms with Gasteiger partial charge in [-0.05, 0) is 48.4 Å². The summed E-state index contributed by atoms with van der Waals surface area (Å²) in [6.45, 7) is 0.654. The van der Waals surface area contributed by atoms with Crippen LogP contribution in [0.1, 0.15) is 15.9 Å². The van der Waals surface area contributed by atoms with Crippen molar-refractivity contribution in [3.63, 3.8) is 0 Å². The summed E-state index contributed by atoms with van der Waals surface area (Å²) in [5.74, 6) is -3.28. The van der Waals surface area contributed by atoms with Crippen LogP contribution in [-0.2, 0) is 11.2 Å². The van der Waals surface area contributed by atoms with E-state index in [1.165, 1.54) is 46.4 Å². The van der Waals surface area contributed by atoms with Crippen molar-refractivity contribution >= 4 is 35.3 Å². The Morgan fingerprint density at radius 2 is 1.78 bits per heavy atom. The molecule has 2 aromatic rings. The first-order valence-electron chi connectivity index (χ1n) is 10.6. The predicted molar refractivity (Wildman–Crippen MR) is 122 cm³/mol. The number of hydrogen-bond acceptors (Lipinski definition) is 5. The van der Waals surface area contributed by atoms with Gasteiger partial charge in [0.05, 0.1) is 0 Å². The smallest absolute Gasteiger partial charge is 0.406 e. The zero-order valence-electron chi connectivity index (χ0n) is 18.8. The Labute approximate surface area is 210 Å². The molecule has 3 N–H and O–H groups in total. The maximum absolute atomic E-state index is 14.6. The van der Waals surface area contributed by atoms with E-state index in [4.69, 9.17) is 0 Å². The Balaban J connectivity index is 1.54. The van der Waals surface area contributed by atoms with Gasteiger partial charge in [0.1, 0.15) is 11.6 Å². The van der Waals surface area contributed by atoms with Crippen LogP contribution in [0.25, 0.3) is 0 Å². The quantitative estimate of drug-likeness (QED) is 0.374. The Morgan fingerprint density at radius 3 is 2.41 bits per heavy atom. The Morgan fingerprint density at radius 1 is 1.08 bits per heavy atom. The van der Waals surface area contributed by atoms with Crippen LogP contribution in [0.5, 0.6) is 5.75 Å². The monoisotopic (exact) mass is 550 g/mol. The Kier molecular flexibility index (Phi) is 9.13. The van der Waals surface area contributed by atoms with E-state index in [-0.39, 0.29) is 35.0 Å². The molecule has 15 heteroatoms. The van der Waals surface area contributed by atoms with Crippen LogP contribution < -0.4 is 20.9 Å². The zero-order valence-corrected chi connectivity index (χ0v) is 19.6. The van der Waals surface area contributed by atoms with Gasteiger partial charge in [-0.15, -0.1) is 13.2 Å². The van der Waals surface area contributed by atoms with Crippen molar-refractivity contribution in [2.45, 2.75) is 24.5 Å². The van der Waals surface area contributed by atoms with Crippen LogP contribution >= 0.6 is 11.8 Å². The van der Waals surface area contributed by atoms with E-state index < -0.39 is 42.2 Å². The van der Waals surface area contributed by atoms with Gasteiger partial charge in [0.2, 0.25) is 0 Å². The lowest BCUT2D eigenvalue weighted by molar-refractivity contribution is -0.274. The van der Waals surface area contributed by atoms with Crippen LogP contribution in [0.3, 0.4) is 0 Å². The number of hydrazine groups is 1. The number of thioether (sulfide) groups is 1. The summed E-state index contributed by atoms with van der Waals surface area (Å²) in [4.78, 5) is 36.9. The van der Waals surface area contributed by atoms with E-state index in [2.05, 4.69) is 10.1 Å². The number of hydrogen-bond donors (Lipinski definition) is 3. The van der Waals surface area contributed by atoms with E-state index in [1.807, 2.05) is 0 Å². The van der Waals surface area contributed by atoms with Crippen molar-refractivity contribution in [1.29, 1.82) is 0 Å². The lowest BCUT2D eigenvalue weighted by atomic mass is 10.1. The molecule has 0 spiro atoms. The molecule has 1 saturated heterocycles. The standard InChI is InChI=1S/C22H20F6N4O4S/c23-17-10-13(19(33)30-31-20(34)18(24)25)2-1-12(17)9-16-11-32(7-8-37-16)21(35)29-14-3-5-15(6-4-14)36-22(26,27)28/h1-6,10,16,18H,7-9,11H2,(H,29,35)(H,30,33)(H,31,34). The maximum Gasteiger partial charge on any atom is 0.573 e. The Hall–Kier alpha value is -3.62. The molecule has 8 nitrogen and oxygen atoms in total. The number of anilines is 1. The number of carbonyl (C=O) groups is 3. The van der Waals surface area contributed by atoms with E-state index in [9.17, 15) is 40.7 Å². The Bertz CT molecular complexity index is 1130. The molecule has 0 bridgehead atoms.